The molecule has 0 aliphatic carbocycles. The Hall–Kier alpha value is -1.56. The Labute approximate surface area is 107 Å². The molecule has 3 N–H and O–H groups in total. The molecule has 1 aromatic carbocycles. The number of nitrogen functional groups attached to an aromatic ring is 1. The molecule has 1 rings (SSSR count). The van der Waals surface area contributed by atoms with Gasteiger partial charge in [-0.2, -0.15) is 0 Å². The lowest BCUT2D eigenvalue weighted by Gasteiger charge is -2.10. The van der Waals surface area contributed by atoms with Crippen molar-refractivity contribution < 1.29 is 13.2 Å². The number of carbonyl (C=O) groups is 1. The number of benzene rings is 1. The molecule has 1 aromatic rings. The molecule has 0 aromatic heterocycles. The first kappa shape index (κ1) is 14.5. The first-order chi connectivity index (χ1) is 8.22. The van der Waals surface area contributed by atoms with Gasteiger partial charge in [-0.3, -0.25) is 4.79 Å². The van der Waals surface area contributed by atoms with E-state index in [0.29, 0.717) is 11.4 Å². The molecule has 0 heterocycles. The molecule has 0 fully saturated rings. The van der Waals surface area contributed by atoms with Crippen LogP contribution in [-0.4, -0.2) is 25.3 Å². The van der Waals surface area contributed by atoms with Crippen LogP contribution in [0.25, 0.3) is 0 Å². The van der Waals surface area contributed by atoms with Gasteiger partial charge in [0, 0.05) is 11.4 Å². The van der Waals surface area contributed by atoms with Crippen molar-refractivity contribution in [1.82, 2.24) is 0 Å². The van der Waals surface area contributed by atoms with Crippen LogP contribution in [0.15, 0.2) is 18.2 Å². The fraction of sp³-hybridized carbons (Fsp3) is 0.417. The van der Waals surface area contributed by atoms with Gasteiger partial charge >= 0.3 is 0 Å². The van der Waals surface area contributed by atoms with E-state index in [2.05, 4.69) is 5.32 Å². The number of nitrogens with one attached hydrogen (secondary N) is 1. The topological polar surface area (TPSA) is 89.3 Å². The first-order valence-corrected chi connectivity index (χ1v) is 7.31. The van der Waals surface area contributed by atoms with Crippen LogP contribution in [0.5, 0.6) is 0 Å². The second-order valence-corrected chi connectivity index (χ2v) is 7.04. The van der Waals surface area contributed by atoms with Crippen molar-refractivity contribution in [2.45, 2.75) is 26.0 Å². The van der Waals surface area contributed by atoms with Gasteiger partial charge in [0.1, 0.15) is 5.75 Å². The Morgan fingerprint density at radius 2 is 2.00 bits per heavy atom. The second-order valence-electron chi connectivity index (χ2n) is 4.48. The minimum atomic E-state index is -3.38. The summed E-state index contributed by atoms with van der Waals surface area (Å²) < 4.78 is 23.2. The summed E-state index contributed by atoms with van der Waals surface area (Å²) in [6.07, 6.45) is 0. The molecule has 100 valence electrons. The SMILES string of the molecule is Cc1cc(N)ccc1NC(=O)CS(=O)(=O)C(C)C. The molecule has 0 saturated carbocycles. The number of hydrogen-bond donors (Lipinski definition) is 2. The molecule has 18 heavy (non-hydrogen) atoms. The van der Waals surface area contributed by atoms with Crippen molar-refractivity contribution in [3.63, 3.8) is 0 Å². The lowest BCUT2D eigenvalue weighted by atomic mass is 10.2. The Bertz CT molecular complexity index is 550. The second kappa shape index (κ2) is 5.39. The van der Waals surface area contributed by atoms with E-state index >= 15 is 0 Å². The first-order valence-electron chi connectivity index (χ1n) is 5.60. The highest BCUT2D eigenvalue weighted by atomic mass is 32.2. The summed E-state index contributed by atoms with van der Waals surface area (Å²) in [4.78, 5) is 11.6. The third-order valence-corrected chi connectivity index (χ3v) is 4.68. The number of carbonyl (C=O) groups excluding carboxylic acids is 1. The van der Waals surface area contributed by atoms with Crippen molar-refractivity contribution in [3.8, 4) is 0 Å². The maximum absolute atomic E-state index is 11.6. The zero-order valence-electron chi connectivity index (χ0n) is 10.7. The largest absolute Gasteiger partial charge is 0.399 e. The van der Waals surface area contributed by atoms with Gasteiger partial charge in [-0.25, -0.2) is 8.42 Å². The Kier molecular flexibility index (Phi) is 4.34. The van der Waals surface area contributed by atoms with Gasteiger partial charge in [0.2, 0.25) is 5.91 Å². The van der Waals surface area contributed by atoms with Crippen LogP contribution < -0.4 is 11.1 Å². The highest BCUT2D eigenvalue weighted by Crippen LogP contribution is 2.17. The van der Waals surface area contributed by atoms with Crippen molar-refractivity contribution in [2.75, 3.05) is 16.8 Å². The summed E-state index contributed by atoms with van der Waals surface area (Å²) in [7, 11) is -3.38. The number of sulfone groups is 1. The third-order valence-electron chi connectivity index (χ3n) is 2.58. The molecular formula is C12H18N2O3S. The molecule has 5 nitrogen and oxygen atoms in total. The number of rotatable bonds is 4. The number of aryl methyl sites for hydroxylation is 1. The molecule has 0 atom stereocenters. The van der Waals surface area contributed by atoms with E-state index in [0.717, 1.165) is 5.56 Å². The van der Waals surface area contributed by atoms with E-state index in [9.17, 15) is 13.2 Å². The maximum Gasteiger partial charge on any atom is 0.239 e. The average Bonchev–Trinajstić information content (AvgIpc) is 2.21. The van der Waals surface area contributed by atoms with E-state index in [-0.39, 0.29) is 0 Å². The molecular weight excluding hydrogens is 252 g/mol. The number of amides is 1. The minimum absolute atomic E-state index is 0.505. The molecule has 0 unspecified atom stereocenters. The lowest BCUT2D eigenvalue weighted by Crippen LogP contribution is -2.28. The molecule has 0 bridgehead atoms. The molecule has 0 saturated heterocycles. The molecule has 0 spiro atoms. The van der Waals surface area contributed by atoms with Crippen LogP contribution in [0.2, 0.25) is 0 Å². The quantitative estimate of drug-likeness (QED) is 0.808. The van der Waals surface area contributed by atoms with Gasteiger partial charge in [0.15, 0.2) is 9.84 Å². The maximum atomic E-state index is 11.6. The average molecular weight is 270 g/mol. The van der Waals surface area contributed by atoms with Crippen molar-refractivity contribution in [2.24, 2.45) is 0 Å². The number of hydrogen-bond acceptors (Lipinski definition) is 4. The molecule has 0 aliphatic rings. The zero-order chi connectivity index (χ0) is 13.9. The molecule has 1 amide bonds. The van der Waals surface area contributed by atoms with Crippen molar-refractivity contribution >= 4 is 27.1 Å². The fourth-order valence-corrected chi connectivity index (χ4v) is 2.13. The zero-order valence-corrected chi connectivity index (χ0v) is 11.5. The summed E-state index contributed by atoms with van der Waals surface area (Å²) in [6, 6.07) is 5.02. The van der Waals surface area contributed by atoms with E-state index in [4.69, 9.17) is 5.73 Å². The highest BCUT2D eigenvalue weighted by Gasteiger charge is 2.20. The molecule has 0 aliphatic heterocycles. The van der Waals surface area contributed by atoms with Gasteiger partial charge in [-0.1, -0.05) is 0 Å². The Morgan fingerprint density at radius 3 is 2.50 bits per heavy atom. The standard InChI is InChI=1S/C12H18N2O3S/c1-8(2)18(16,17)7-12(15)14-11-5-4-10(13)6-9(11)3/h4-6,8H,7,13H2,1-3H3,(H,14,15). The van der Waals surface area contributed by atoms with E-state index in [1.54, 1.807) is 39.0 Å². The number of nitrogens with two attached hydrogens (primary N) is 1. The van der Waals surface area contributed by atoms with Gasteiger partial charge in [-0.15, -0.1) is 0 Å². The summed E-state index contributed by atoms with van der Waals surface area (Å²) in [5.41, 5.74) is 7.56. The van der Waals surface area contributed by atoms with Crippen LogP contribution >= 0.6 is 0 Å². The van der Waals surface area contributed by atoms with Crippen LogP contribution in [0, 0.1) is 6.92 Å². The van der Waals surface area contributed by atoms with Gasteiger partial charge in [-0.05, 0) is 44.5 Å². The van der Waals surface area contributed by atoms with Crippen LogP contribution in [0.1, 0.15) is 19.4 Å². The number of anilines is 2. The van der Waals surface area contributed by atoms with Crippen LogP contribution in [0.4, 0.5) is 11.4 Å². The Balaban J connectivity index is 2.77. The molecule has 0 radical (unpaired) electrons. The van der Waals surface area contributed by atoms with Crippen molar-refractivity contribution in [1.29, 1.82) is 0 Å². The third kappa shape index (κ3) is 3.73. The van der Waals surface area contributed by atoms with E-state index in [1.807, 2.05) is 0 Å². The van der Waals surface area contributed by atoms with Crippen LogP contribution in [-0.2, 0) is 14.6 Å². The van der Waals surface area contributed by atoms with Gasteiger partial charge < -0.3 is 11.1 Å². The fourth-order valence-electron chi connectivity index (χ4n) is 1.36. The summed E-state index contributed by atoms with van der Waals surface area (Å²) in [5, 5.41) is 2.02. The van der Waals surface area contributed by atoms with E-state index < -0.39 is 26.7 Å². The molecule has 6 heteroatoms. The van der Waals surface area contributed by atoms with Gasteiger partial charge in [0.05, 0.1) is 5.25 Å². The smallest absolute Gasteiger partial charge is 0.239 e. The van der Waals surface area contributed by atoms with Gasteiger partial charge in [0.25, 0.3) is 0 Å². The van der Waals surface area contributed by atoms with Crippen LogP contribution in [0.3, 0.4) is 0 Å². The van der Waals surface area contributed by atoms with Crippen molar-refractivity contribution in [3.05, 3.63) is 23.8 Å². The summed E-state index contributed by atoms with van der Waals surface area (Å²) >= 11 is 0. The predicted octanol–water partition coefficient (Wildman–Crippen LogP) is 1.34. The normalized spacial score (nSPS) is 11.6. The lowest BCUT2D eigenvalue weighted by molar-refractivity contribution is -0.113. The summed E-state index contributed by atoms with van der Waals surface area (Å²) in [5.74, 6) is -1.04. The highest BCUT2D eigenvalue weighted by molar-refractivity contribution is 7.92. The monoisotopic (exact) mass is 270 g/mol. The predicted molar refractivity (Wildman–Crippen MR) is 73.1 cm³/mol. The Morgan fingerprint density at radius 1 is 1.39 bits per heavy atom. The van der Waals surface area contributed by atoms with E-state index in [1.165, 1.54) is 0 Å². The summed E-state index contributed by atoms with van der Waals surface area (Å²) in [6.45, 7) is 4.90. The minimum Gasteiger partial charge on any atom is -0.399 e.